The molecular weight excluding hydrogens is 425 g/mol. The number of pyridine rings is 1. The van der Waals surface area contributed by atoms with E-state index in [1.165, 1.54) is 0 Å². The maximum atomic E-state index is 12.3. The largest absolute Gasteiger partial charge is 0.492 e. The minimum absolute atomic E-state index is 0.125. The van der Waals surface area contributed by atoms with Gasteiger partial charge in [-0.15, -0.1) is 0 Å². The van der Waals surface area contributed by atoms with E-state index < -0.39 is 30.2 Å². The van der Waals surface area contributed by atoms with Crippen LogP contribution in [0.2, 0.25) is 0 Å². The summed E-state index contributed by atoms with van der Waals surface area (Å²) in [6, 6.07) is 11.1. The number of oxazole rings is 1. The summed E-state index contributed by atoms with van der Waals surface area (Å²) >= 11 is 0. The molecule has 0 spiro atoms. The van der Waals surface area contributed by atoms with E-state index in [0.29, 0.717) is 22.3 Å². The molecule has 1 aliphatic heterocycles. The van der Waals surface area contributed by atoms with Crippen molar-refractivity contribution in [2.75, 3.05) is 6.54 Å². The van der Waals surface area contributed by atoms with Gasteiger partial charge in [-0.3, -0.25) is 4.98 Å². The van der Waals surface area contributed by atoms with Gasteiger partial charge in [0.15, 0.2) is 11.2 Å². The Morgan fingerprint density at radius 1 is 1.18 bits per heavy atom. The summed E-state index contributed by atoms with van der Waals surface area (Å²) in [5, 5.41) is 2.76. The highest BCUT2D eigenvalue weighted by molar-refractivity contribution is 6.56. The number of amides is 1. The fourth-order valence-corrected chi connectivity index (χ4v) is 3.29. The van der Waals surface area contributed by atoms with Gasteiger partial charge in [-0.25, -0.2) is 14.6 Å². The minimum Gasteiger partial charge on any atom is -0.445 e. The highest BCUT2D eigenvalue weighted by Crippen LogP contribution is 2.38. The van der Waals surface area contributed by atoms with E-state index in [0.717, 1.165) is 5.56 Å². The van der Waals surface area contributed by atoms with Crippen molar-refractivity contribution in [1.82, 2.24) is 15.3 Å². The van der Waals surface area contributed by atoms with Gasteiger partial charge in [-0.2, -0.15) is 0 Å². The summed E-state index contributed by atoms with van der Waals surface area (Å²) in [5.74, 6) is -0.576. The SMILES string of the molecule is CC1(C)OB(C(=Cc2cnc3[nH]c(=O)oc3c2)CNC(=O)OCc2ccccc2)OC1(C)C. The number of hydrogen-bond acceptors (Lipinski definition) is 7. The van der Waals surface area contributed by atoms with Gasteiger partial charge in [0, 0.05) is 12.7 Å². The predicted octanol–water partition coefficient (Wildman–Crippen LogP) is 3.46. The number of nitrogens with zero attached hydrogens (tertiary/aromatic N) is 1. The number of carbonyl (C=O) groups is 1. The van der Waals surface area contributed by atoms with Crippen LogP contribution < -0.4 is 11.1 Å². The van der Waals surface area contributed by atoms with Crippen molar-refractivity contribution in [2.24, 2.45) is 0 Å². The summed E-state index contributed by atoms with van der Waals surface area (Å²) in [4.78, 5) is 30.5. The number of aromatic amines is 1. The molecule has 0 unspecified atom stereocenters. The first kappa shape index (κ1) is 22.8. The molecule has 2 N–H and O–H groups in total. The number of benzene rings is 1. The maximum Gasteiger partial charge on any atom is 0.492 e. The maximum absolute atomic E-state index is 12.3. The highest BCUT2D eigenvalue weighted by Gasteiger charge is 2.52. The Balaban J connectivity index is 1.52. The van der Waals surface area contributed by atoms with Crippen LogP contribution in [0.15, 0.2) is 57.3 Å². The van der Waals surface area contributed by atoms with Crippen molar-refractivity contribution < 1.29 is 23.3 Å². The van der Waals surface area contributed by atoms with Crippen LogP contribution in [0, 0.1) is 0 Å². The monoisotopic (exact) mass is 451 g/mol. The lowest BCUT2D eigenvalue weighted by Gasteiger charge is -2.32. The molecule has 0 aliphatic carbocycles. The first-order valence-electron chi connectivity index (χ1n) is 10.6. The van der Waals surface area contributed by atoms with E-state index in [2.05, 4.69) is 15.3 Å². The third-order valence-electron chi connectivity index (χ3n) is 5.85. The van der Waals surface area contributed by atoms with Crippen molar-refractivity contribution in [3.63, 3.8) is 0 Å². The Morgan fingerprint density at radius 2 is 1.88 bits per heavy atom. The molecule has 0 saturated carbocycles. The molecule has 2 aromatic heterocycles. The Hall–Kier alpha value is -3.37. The summed E-state index contributed by atoms with van der Waals surface area (Å²) < 4.78 is 22.7. The van der Waals surface area contributed by atoms with Crippen molar-refractivity contribution in [3.05, 3.63) is 69.7 Å². The number of hydrogen-bond donors (Lipinski definition) is 2. The van der Waals surface area contributed by atoms with E-state index in [4.69, 9.17) is 18.5 Å². The van der Waals surface area contributed by atoms with Crippen LogP contribution in [0.25, 0.3) is 17.3 Å². The zero-order chi connectivity index (χ0) is 23.6. The third kappa shape index (κ3) is 5.18. The zero-order valence-corrected chi connectivity index (χ0v) is 19.0. The number of aromatic nitrogens is 2. The van der Waals surface area contributed by atoms with Gasteiger partial charge in [-0.1, -0.05) is 36.4 Å². The van der Waals surface area contributed by atoms with Gasteiger partial charge in [0.1, 0.15) is 6.61 Å². The van der Waals surface area contributed by atoms with Gasteiger partial charge in [-0.05, 0) is 50.4 Å². The fourth-order valence-electron chi connectivity index (χ4n) is 3.29. The molecule has 1 fully saturated rings. The lowest BCUT2D eigenvalue weighted by molar-refractivity contribution is 0.00578. The second kappa shape index (κ2) is 8.88. The van der Waals surface area contributed by atoms with Gasteiger partial charge in [0.25, 0.3) is 0 Å². The quantitative estimate of drug-likeness (QED) is 0.552. The molecule has 1 saturated heterocycles. The molecule has 0 bridgehead atoms. The lowest BCUT2D eigenvalue weighted by atomic mass is 9.77. The van der Waals surface area contributed by atoms with Crippen LogP contribution >= 0.6 is 0 Å². The molecule has 172 valence electrons. The van der Waals surface area contributed by atoms with E-state index in [9.17, 15) is 9.59 Å². The van der Waals surface area contributed by atoms with Gasteiger partial charge < -0.3 is 23.8 Å². The minimum atomic E-state index is -0.696. The Kier molecular flexibility index (Phi) is 6.14. The molecule has 1 aromatic carbocycles. The molecule has 0 atom stereocenters. The van der Waals surface area contributed by atoms with E-state index >= 15 is 0 Å². The number of alkyl carbamates (subject to hydrolysis) is 1. The molecule has 4 rings (SSSR count). The topological polar surface area (TPSA) is 116 Å². The van der Waals surface area contributed by atoms with Crippen molar-refractivity contribution in [2.45, 2.75) is 45.5 Å². The standard InChI is InChI=1S/C23H26BN3O6/c1-22(2)23(3,4)33-24(32-22)17(10-16-11-18-19(25-12-16)27-21(29)31-18)13-26-20(28)30-14-15-8-6-5-7-9-15/h5-12H,13-14H2,1-4H3,(H,26,28)(H,25,27,29). The highest BCUT2D eigenvalue weighted by atomic mass is 16.7. The molecule has 10 heteroatoms. The zero-order valence-electron chi connectivity index (χ0n) is 19.0. The number of nitrogens with one attached hydrogen (secondary N) is 2. The van der Waals surface area contributed by atoms with Crippen molar-refractivity contribution in [1.29, 1.82) is 0 Å². The molecule has 0 radical (unpaired) electrons. The van der Waals surface area contributed by atoms with Crippen molar-refractivity contribution >= 4 is 30.5 Å². The number of ether oxygens (including phenoxy) is 1. The summed E-state index contributed by atoms with van der Waals surface area (Å²) in [5.41, 5.74) is 1.79. The second-order valence-electron chi connectivity index (χ2n) is 8.85. The van der Waals surface area contributed by atoms with Crippen molar-refractivity contribution in [3.8, 4) is 0 Å². The lowest BCUT2D eigenvalue weighted by Crippen LogP contribution is -2.41. The van der Waals surface area contributed by atoms with Crippen LogP contribution in [-0.4, -0.2) is 40.9 Å². The molecule has 3 aromatic rings. The van der Waals surface area contributed by atoms with E-state index in [1.807, 2.05) is 58.0 Å². The Morgan fingerprint density at radius 3 is 2.58 bits per heavy atom. The molecular formula is C23H26BN3O6. The van der Waals surface area contributed by atoms with E-state index in [-0.39, 0.29) is 13.2 Å². The number of rotatable bonds is 6. The van der Waals surface area contributed by atoms with Gasteiger partial charge in [0.2, 0.25) is 0 Å². The van der Waals surface area contributed by atoms with Crippen LogP contribution in [0.1, 0.15) is 38.8 Å². The fraction of sp³-hybridized carbons (Fsp3) is 0.348. The Bertz CT molecular complexity index is 1220. The molecule has 3 heterocycles. The Labute approximate surface area is 191 Å². The smallest absolute Gasteiger partial charge is 0.445 e. The summed E-state index contributed by atoms with van der Waals surface area (Å²) in [7, 11) is -0.696. The summed E-state index contributed by atoms with van der Waals surface area (Å²) in [6.45, 7) is 8.10. The normalized spacial score (nSPS) is 17.3. The number of H-pyrrole nitrogens is 1. The van der Waals surface area contributed by atoms with Crippen LogP contribution in [0.5, 0.6) is 0 Å². The number of fused-ring (bicyclic) bond motifs is 1. The van der Waals surface area contributed by atoms with Crippen LogP contribution in [-0.2, 0) is 20.7 Å². The van der Waals surface area contributed by atoms with Gasteiger partial charge in [0.05, 0.1) is 11.2 Å². The summed E-state index contributed by atoms with van der Waals surface area (Å²) in [6.07, 6.45) is 2.82. The average Bonchev–Trinajstić information content (AvgIpc) is 3.24. The van der Waals surface area contributed by atoms with Gasteiger partial charge >= 0.3 is 19.0 Å². The predicted molar refractivity (Wildman–Crippen MR) is 123 cm³/mol. The van der Waals surface area contributed by atoms with Crippen LogP contribution in [0.3, 0.4) is 0 Å². The first-order valence-corrected chi connectivity index (χ1v) is 10.6. The molecule has 1 amide bonds. The second-order valence-corrected chi connectivity index (χ2v) is 8.85. The third-order valence-corrected chi connectivity index (χ3v) is 5.85. The molecule has 33 heavy (non-hydrogen) atoms. The molecule has 1 aliphatic rings. The first-order chi connectivity index (χ1) is 15.6. The average molecular weight is 451 g/mol. The number of carbonyl (C=O) groups excluding carboxylic acids is 1. The molecule has 9 nitrogen and oxygen atoms in total. The van der Waals surface area contributed by atoms with Crippen LogP contribution in [0.4, 0.5) is 4.79 Å². The van der Waals surface area contributed by atoms with E-state index in [1.54, 1.807) is 18.3 Å².